The summed E-state index contributed by atoms with van der Waals surface area (Å²) in [6, 6.07) is 0. The maximum Gasteiger partial charge on any atom is 0.161 e. The van der Waals surface area contributed by atoms with Crippen molar-refractivity contribution in [2.75, 3.05) is 6.61 Å². The normalized spacial score (nSPS) is 47.5. The zero-order chi connectivity index (χ0) is 17.1. The molecule has 3 heteroatoms. The molecule has 0 aliphatic heterocycles. The Morgan fingerprint density at radius 3 is 2.71 bits per heavy atom. The van der Waals surface area contributed by atoms with Crippen LogP contribution in [0.3, 0.4) is 0 Å². The molecule has 4 aliphatic rings. The predicted molar refractivity (Wildman–Crippen MR) is 99.9 cm³/mol. The van der Waals surface area contributed by atoms with E-state index in [-0.39, 0.29) is 23.7 Å². The summed E-state index contributed by atoms with van der Waals surface area (Å²) in [5.41, 5.74) is 2.08. The van der Waals surface area contributed by atoms with Crippen molar-refractivity contribution >= 4 is 22.9 Å². The van der Waals surface area contributed by atoms with Crippen molar-refractivity contribution in [1.82, 2.24) is 0 Å². The van der Waals surface area contributed by atoms with Gasteiger partial charge in [0.05, 0.1) is 0 Å². The van der Waals surface area contributed by atoms with Gasteiger partial charge in [-0.25, -0.2) is 0 Å². The second kappa shape index (κ2) is 5.74. The standard InChI is InChI=1S/C21H30O2S/c1-20-9-7-14(24)11-13(20)3-4-15-16-5-6-18(19(23)12-22)21(16,2)10-8-17(15)20/h11,15-18,22H,3-10,12H2,1-2H3/t15-,16-,17-,18+,20-,21-/m0/s1. The van der Waals surface area contributed by atoms with Crippen LogP contribution in [0.4, 0.5) is 0 Å². The average molecular weight is 347 g/mol. The smallest absolute Gasteiger partial charge is 0.161 e. The molecule has 0 aromatic carbocycles. The second-order valence-corrected chi connectivity index (χ2v) is 9.79. The number of aliphatic hydroxyl groups is 1. The Kier molecular flexibility index (Phi) is 4.04. The highest BCUT2D eigenvalue weighted by Crippen LogP contribution is 2.66. The van der Waals surface area contributed by atoms with E-state index in [0.717, 1.165) is 36.0 Å². The third-order valence-corrected chi connectivity index (χ3v) is 8.83. The molecule has 0 amide bonds. The van der Waals surface area contributed by atoms with Crippen LogP contribution in [0.5, 0.6) is 0 Å². The number of hydrogen-bond donors (Lipinski definition) is 1. The van der Waals surface area contributed by atoms with Crippen LogP contribution in [0.15, 0.2) is 11.6 Å². The fourth-order valence-electron chi connectivity index (χ4n) is 7.20. The van der Waals surface area contributed by atoms with Crippen LogP contribution < -0.4 is 0 Å². The van der Waals surface area contributed by atoms with Crippen molar-refractivity contribution in [2.45, 2.75) is 65.2 Å². The molecule has 24 heavy (non-hydrogen) atoms. The minimum absolute atomic E-state index is 0.0871. The van der Waals surface area contributed by atoms with Crippen LogP contribution >= 0.6 is 12.2 Å². The molecule has 4 aliphatic carbocycles. The van der Waals surface area contributed by atoms with E-state index >= 15 is 0 Å². The van der Waals surface area contributed by atoms with Crippen molar-refractivity contribution in [2.24, 2.45) is 34.5 Å². The molecule has 0 saturated heterocycles. The fourth-order valence-corrected chi connectivity index (χ4v) is 7.44. The van der Waals surface area contributed by atoms with Gasteiger partial charge in [0.25, 0.3) is 0 Å². The van der Waals surface area contributed by atoms with Gasteiger partial charge in [0.2, 0.25) is 0 Å². The first-order valence-electron chi connectivity index (χ1n) is 9.77. The second-order valence-electron chi connectivity index (χ2n) is 9.27. The molecule has 1 N–H and O–H groups in total. The largest absolute Gasteiger partial charge is 0.389 e. The molecule has 0 spiro atoms. The Morgan fingerprint density at radius 2 is 1.96 bits per heavy atom. The number of Topliss-reactive ketones (excluding diaryl/α,β-unsaturated/α-hetero) is 1. The minimum Gasteiger partial charge on any atom is -0.389 e. The Balaban J connectivity index is 1.65. The molecular weight excluding hydrogens is 316 g/mol. The van der Waals surface area contributed by atoms with Gasteiger partial charge in [0.1, 0.15) is 6.61 Å². The van der Waals surface area contributed by atoms with Gasteiger partial charge >= 0.3 is 0 Å². The summed E-state index contributed by atoms with van der Waals surface area (Å²) in [6.07, 6.45) is 11.7. The highest BCUT2D eigenvalue weighted by molar-refractivity contribution is 7.80. The summed E-state index contributed by atoms with van der Waals surface area (Å²) >= 11 is 5.48. The van der Waals surface area contributed by atoms with E-state index in [1.165, 1.54) is 32.1 Å². The van der Waals surface area contributed by atoms with Crippen molar-refractivity contribution in [3.05, 3.63) is 11.6 Å². The number of hydrogen-bond acceptors (Lipinski definition) is 3. The molecule has 3 fully saturated rings. The van der Waals surface area contributed by atoms with Crippen LogP contribution in [-0.4, -0.2) is 22.4 Å². The highest BCUT2D eigenvalue weighted by Gasteiger charge is 2.59. The lowest BCUT2D eigenvalue weighted by Gasteiger charge is -2.58. The molecule has 0 radical (unpaired) electrons. The van der Waals surface area contributed by atoms with E-state index in [1.807, 2.05) is 0 Å². The predicted octanol–water partition coefficient (Wildman–Crippen LogP) is 4.50. The zero-order valence-corrected chi connectivity index (χ0v) is 15.8. The van der Waals surface area contributed by atoms with Crippen molar-refractivity contribution in [3.63, 3.8) is 0 Å². The topological polar surface area (TPSA) is 37.3 Å². The number of carbonyl (C=O) groups is 1. The van der Waals surface area contributed by atoms with Gasteiger partial charge < -0.3 is 5.11 Å². The van der Waals surface area contributed by atoms with Gasteiger partial charge in [-0.2, -0.15) is 0 Å². The van der Waals surface area contributed by atoms with Gasteiger partial charge in [-0.05, 0) is 86.0 Å². The first-order valence-corrected chi connectivity index (χ1v) is 10.2. The lowest BCUT2D eigenvalue weighted by molar-refractivity contribution is -0.132. The van der Waals surface area contributed by atoms with E-state index in [1.54, 1.807) is 5.57 Å². The van der Waals surface area contributed by atoms with Gasteiger partial charge in [-0.1, -0.05) is 31.6 Å². The third kappa shape index (κ3) is 2.23. The lowest BCUT2D eigenvalue weighted by Crippen LogP contribution is -2.51. The maximum absolute atomic E-state index is 12.3. The Bertz CT molecular complexity index is 609. The number of fused-ring (bicyclic) bond motifs is 5. The quantitative estimate of drug-likeness (QED) is 0.748. The fraction of sp³-hybridized carbons (Fsp3) is 0.810. The summed E-state index contributed by atoms with van der Waals surface area (Å²) in [4.78, 5) is 13.4. The van der Waals surface area contributed by atoms with Crippen LogP contribution in [-0.2, 0) is 4.79 Å². The number of rotatable bonds is 2. The molecule has 6 atom stereocenters. The molecule has 0 aromatic rings. The molecule has 3 saturated carbocycles. The first kappa shape index (κ1) is 16.9. The van der Waals surface area contributed by atoms with Crippen LogP contribution in [0.2, 0.25) is 0 Å². The minimum atomic E-state index is -0.275. The molecule has 2 nitrogen and oxygen atoms in total. The number of allylic oxidation sites excluding steroid dienone is 2. The summed E-state index contributed by atoms with van der Waals surface area (Å²) in [7, 11) is 0. The van der Waals surface area contributed by atoms with Crippen LogP contribution in [0.1, 0.15) is 65.2 Å². The van der Waals surface area contributed by atoms with E-state index in [0.29, 0.717) is 11.3 Å². The molecular formula is C21H30O2S. The van der Waals surface area contributed by atoms with E-state index in [2.05, 4.69) is 19.9 Å². The van der Waals surface area contributed by atoms with Gasteiger partial charge in [-0.3, -0.25) is 4.79 Å². The molecule has 0 aromatic heterocycles. The molecule has 4 rings (SSSR count). The number of ketones is 1. The first-order chi connectivity index (χ1) is 11.4. The highest BCUT2D eigenvalue weighted by atomic mass is 32.1. The Labute approximate surface area is 151 Å². The third-order valence-electron chi connectivity index (χ3n) is 8.51. The number of thiocarbonyl (C=S) groups is 1. The summed E-state index contributed by atoms with van der Waals surface area (Å²) in [5.74, 6) is 2.38. The van der Waals surface area contributed by atoms with Gasteiger partial charge in [0, 0.05) is 10.8 Å². The molecule has 132 valence electrons. The van der Waals surface area contributed by atoms with Crippen molar-refractivity contribution in [1.29, 1.82) is 0 Å². The summed E-state index contributed by atoms with van der Waals surface area (Å²) in [5, 5.41) is 9.38. The summed E-state index contributed by atoms with van der Waals surface area (Å²) in [6.45, 7) is 4.57. The molecule has 0 heterocycles. The number of carbonyl (C=O) groups excluding carboxylic acids is 1. The SMILES string of the molecule is C[C@]12CC[C@H]3[C@@H](CCC4=CC(=S)CC[C@@]43C)[C@@H]1CC[C@@H]2C(=O)CO. The lowest BCUT2D eigenvalue weighted by atomic mass is 9.47. The zero-order valence-electron chi connectivity index (χ0n) is 15.0. The van der Waals surface area contributed by atoms with Gasteiger partial charge in [-0.15, -0.1) is 0 Å². The van der Waals surface area contributed by atoms with Gasteiger partial charge in [0.15, 0.2) is 5.78 Å². The van der Waals surface area contributed by atoms with Crippen LogP contribution in [0.25, 0.3) is 0 Å². The maximum atomic E-state index is 12.3. The van der Waals surface area contributed by atoms with E-state index in [9.17, 15) is 9.90 Å². The molecule has 0 bridgehead atoms. The Morgan fingerprint density at radius 1 is 1.17 bits per heavy atom. The number of aliphatic hydroxyl groups excluding tert-OH is 1. The van der Waals surface area contributed by atoms with Crippen LogP contribution in [0, 0.1) is 34.5 Å². The monoisotopic (exact) mass is 346 g/mol. The average Bonchev–Trinajstić information content (AvgIpc) is 2.92. The van der Waals surface area contributed by atoms with E-state index in [4.69, 9.17) is 12.2 Å². The molecule has 0 unspecified atom stereocenters. The summed E-state index contributed by atoms with van der Waals surface area (Å²) < 4.78 is 0. The van der Waals surface area contributed by atoms with E-state index < -0.39 is 0 Å². The Hall–Kier alpha value is -0.540. The van der Waals surface area contributed by atoms with Crippen molar-refractivity contribution < 1.29 is 9.90 Å². The van der Waals surface area contributed by atoms with Crippen molar-refractivity contribution in [3.8, 4) is 0 Å².